The van der Waals surface area contributed by atoms with E-state index in [4.69, 9.17) is 9.47 Å². The minimum atomic E-state index is -1.17. The number of benzene rings is 2. The van der Waals surface area contributed by atoms with Crippen molar-refractivity contribution in [2.24, 2.45) is 0 Å². The molecule has 0 aromatic heterocycles. The molecule has 4 rings (SSSR count). The van der Waals surface area contributed by atoms with Gasteiger partial charge in [0.15, 0.2) is 0 Å². The van der Waals surface area contributed by atoms with E-state index < -0.39 is 5.41 Å². The van der Waals surface area contributed by atoms with Gasteiger partial charge < -0.3 is 14.4 Å². The minimum absolute atomic E-state index is 0.00292. The molecule has 2 saturated heterocycles. The summed E-state index contributed by atoms with van der Waals surface area (Å²) in [6, 6.07) is 17.1. The van der Waals surface area contributed by atoms with Gasteiger partial charge in [0.1, 0.15) is 5.75 Å². The number of piperidine rings is 1. The highest BCUT2D eigenvalue weighted by Crippen LogP contribution is 2.40. The second kappa shape index (κ2) is 9.75. The Hall–Kier alpha value is -3.19. The molecule has 0 bridgehead atoms. The number of carbonyl (C=O) groups is 3. The van der Waals surface area contributed by atoms with E-state index in [9.17, 15) is 14.4 Å². The predicted octanol–water partition coefficient (Wildman–Crippen LogP) is 2.92. The first-order valence-electron chi connectivity index (χ1n) is 11.3. The number of likely N-dealkylation sites (tertiary alicyclic amines) is 2. The lowest BCUT2D eigenvalue weighted by molar-refractivity contribution is -0.142. The lowest BCUT2D eigenvalue weighted by atomic mass is 9.75. The van der Waals surface area contributed by atoms with Crippen LogP contribution in [0.25, 0.3) is 0 Å². The quantitative estimate of drug-likeness (QED) is 0.607. The maximum absolute atomic E-state index is 13.3. The Bertz CT molecular complexity index is 999. The first-order valence-corrected chi connectivity index (χ1v) is 11.3. The average molecular weight is 451 g/mol. The van der Waals surface area contributed by atoms with Gasteiger partial charge in [-0.25, -0.2) is 0 Å². The van der Waals surface area contributed by atoms with Gasteiger partial charge in [-0.15, -0.1) is 0 Å². The van der Waals surface area contributed by atoms with Gasteiger partial charge in [0.05, 0.1) is 25.2 Å². The van der Waals surface area contributed by atoms with Gasteiger partial charge in [-0.1, -0.05) is 42.5 Å². The first kappa shape index (κ1) is 23.0. The monoisotopic (exact) mass is 450 g/mol. The van der Waals surface area contributed by atoms with Gasteiger partial charge in [-0.2, -0.15) is 0 Å². The van der Waals surface area contributed by atoms with E-state index in [1.165, 1.54) is 7.05 Å². The number of ether oxygens (including phenoxy) is 2. The van der Waals surface area contributed by atoms with E-state index >= 15 is 0 Å². The van der Waals surface area contributed by atoms with E-state index in [0.717, 1.165) is 23.3 Å². The van der Waals surface area contributed by atoms with Gasteiger partial charge in [0.25, 0.3) is 0 Å². The smallest absolute Gasteiger partial charge is 0.240 e. The van der Waals surface area contributed by atoms with Crippen molar-refractivity contribution in [2.75, 3.05) is 27.2 Å². The van der Waals surface area contributed by atoms with Crippen LogP contribution in [0.3, 0.4) is 0 Å². The Morgan fingerprint density at radius 2 is 1.70 bits per heavy atom. The maximum Gasteiger partial charge on any atom is 0.240 e. The predicted molar refractivity (Wildman–Crippen MR) is 123 cm³/mol. The Morgan fingerprint density at radius 1 is 1.03 bits per heavy atom. The van der Waals surface area contributed by atoms with Crippen molar-refractivity contribution in [3.8, 4) is 5.75 Å². The number of hydrogen-bond acceptors (Lipinski definition) is 5. The van der Waals surface area contributed by atoms with Crippen LogP contribution >= 0.6 is 0 Å². The topological polar surface area (TPSA) is 76.2 Å². The molecule has 174 valence electrons. The molecule has 0 radical (unpaired) electrons. The number of methoxy groups -OCH3 is 1. The van der Waals surface area contributed by atoms with Crippen molar-refractivity contribution in [3.63, 3.8) is 0 Å². The van der Waals surface area contributed by atoms with Crippen LogP contribution in [0.15, 0.2) is 54.6 Å². The molecule has 7 heteroatoms. The third-order valence-electron chi connectivity index (χ3n) is 6.76. The summed E-state index contributed by atoms with van der Waals surface area (Å²) in [6.45, 7) is 1.72. The van der Waals surface area contributed by atoms with Crippen LogP contribution in [0, 0.1) is 0 Å². The number of hydrogen-bond donors (Lipinski definition) is 0. The summed E-state index contributed by atoms with van der Waals surface area (Å²) in [5.74, 6) is -0.0459. The number of carbonyl (C=O) groups excluding carboxylic acids is 3. The average Bonchev–Trinajstić information content (AvgIpc) is 3.07. The van der Waals surface area contributed by atoms with Crippen LogP contribution in [0.5, 0.6) is 5.75 Å². The minimum Gasteiger partial charge on any atom is -0.497 e. The molecule has 2 heterocycles. The Labute approximate surface area is 194 Å². The van der Waals surface area contributed by atoms with Gasteiger partial charge in [0.2, 0.25) is 17.7 Å². The number of imide groups is 1. The highest BCUT2D eigenvalue weighted by atomic mass is 16.5. The molecule has 1 atom stereocenters. The second-order valence-corrected chi connectivity index (χ2v) is 8.80. The summed E-state index contributed by atoms with van der Waals surface area (Å²) < 4.78 is 11.3. The third kappa shape index (κ3) is 4.78. The largest absolute Gasteiger partial charge is 0.497 e. The molecule has 3 amide bonds. The zero-order chi connectivity index (χ0) is 23.4. The van der Waals surface area contributed by atoms with Crippen molar-refractivity contribution in [2.45, 2.75) is 43.8 Å². The highest BCUT2D eigenvalue weighted by molar-refractivity contribution is 6.10. The summed E-state index contributed by atoms with van der Waals surface area (Å²) in [4.78, 5) is 41.8. The normalized spacial score (nSPS) is 21.5. The van der Waals surface area contributed by atoms with Crippen LogP contribution < -0.4 is 4.74 Å². The highest BCUT2D eigenvalue weighted by Gasteiger charge is 2.53. The van der Waals surface area contributed by atoms with Crippen molar-refractivity contribution >= 4 is 17.7 Å². The summed E-state index contributed by atoms with van der Waals surface area (Å²) in [6.07, 6.45) is 1.58. The summed E-state index contributed by atoms with van der Waals surface area (Å²) in [5, 5.41) is 0. The standard InChI is InChI=1S/C26H30N2O5/c1-27-23(29)16-26(25(27)31,20-8-10-21(32-2)11-9-20)17-24(30)28-14-12-22(13-15-28)33-18-19-6-4-3-5-7-19/h3-11,22H,12-18H2,1-2H3/t26-/m0/s1. The molecule has 7 nitrogen and oxygen atoms in total. The molecule has 0 unspecified atom stereocenters. The number of amides is 3. The SMILES string of the molecule is COc1ccc([C@@]2(CC(=O)N3CCC(OCc4ccccc4)CC3)CC(=O)N(C)C2=O)cc1. The molecule has 2 aliphatic heterocycles. The van der Waals surface area contributed by atoms with Crippen molar-refractivity contribution in [3.05, 3.63) is 65.7 Å². The third-order valence-corrected chi connectivity index (χ3v) is 6.76. The number of likely N-dealkylation sites (N-methyl/N-ethyl adjacent to an activating group) is 1. The van der Waals surface area contributed by atoms with Crippen LogP contribution in [-0.2, 0) is 31.1 Å². The molecule has 0 spiro atoms. The fourth-order valence-corrected chi connectivity index (χ4v) is 4.69. The Morgan fingerprint density at radius 3 is 2.27 bits per heavy atom. The number of nitrogens with zero attached hydrogens (tertiary/aromatic N) is 2. The van der Waals surface area contributed by atoms with E-state index in [-0.39, 0.29) is 36.7 Å². The molecule has 0 saturated carbocycles. The van der Waals surface area contributed by atoms with Gasteiger partial charge in [-0.3, -0.25) is 19.3 Å². The molecular weight excluding hydrogens is 420 g/mol. The fraction of sp³-hybridized carbons (Fsp3) is 0.423. The molecule has 2 aromatic rings. The number of rotatable bonds is 7. The van der Waals surface area contributed by atoms with Crippen molar-refractivity contribution in [1.82, 2.24) is 9.80 Å². The zero-order valence-electron chi connectivity index (χ0n) is 19.2. The summed E-state index contributed by atoms with van der Waals surface area (Å²) in [5.41, 5.74) is 0.627. The van der Waals surface area contributed by atoms with E-state index in [1.54, 1.807) is 36.3 Å². The van der Waals surface area contributed by atoms with E-state index in [0.29, 0.717) is 31.0 Å². The second-order valence-electron chi connectivity index (χ2n) is 8.80. The lowest BCUT2D eigenvalue weighted by Gasteiger charge is -2.35. The van der Waals surface area contributed by atoms with Crippen LogP contribution in [-0.4, -0.2) is 60.9 Å². The van der Waals surface area contributed by atoms with Crippen molar-refractivity contribution in [1.29, 1.82) is 0 Å². The summed E-state index contributed by atoms with van der Waals surface area (Å²) >= 11 is 0. The molecule has 2 aromatic carbocycles. The van der Waals surface area contributed by atoms with E-state index in [2.05, 4.69) is 0 Å². The van der Waals surface area contributed by atoms with Crippen molar-refractivity contribution < 1.29 is 23.9 Å². The van der Waals surface area contributed by atoms with Gasteiger partial charge in [0, 0.05) is 33.0 Å². The molecule has 0 aliphatic carbocycles. The fourth-order valence-electron chi connectivity index (χ4n) is 4.69. The lowest BCUT2D eigenvalue weighted by Crippen LogP contribution is -2.46. The molecule has 0 N–H and O–H groups in total. The van der Waals surface area contributed by atoms with Gasteiger partial charge in [-0.05, 0) is 36.1 Å². The molecule has 2 fully saturated rings. The molecular formula is C26H30N2O5. The molecule has 2 aliphatic rings. The summed E-state index contributed by atoms with van der Waals surface area (Å²) in [7, 11) is 3.05. The van der Waals surface area contributed by atoms with Crippen LogP contribution in [0.1, 0.15) is 36.8 Å². The molecule has 33 heavy (non-hydrogen) atoms. The zero-order valence-corrected chi connectivity index (χ0v) is 19.2. The van der Waals surface area contributed by atoms with Gasteiger partial charge >= 0.3 is 0 Å². The maximum atomic E-state index is 13.3. The van der Waals surface area contributed by atoms with E-state index in [1.807, 2.05) is 30.3 Å². The first-order chi connectivity index (χ1) is 15.9. The Kier molecular flexibility index (Phi) is 6.79. The Balaban J connectivity index is 1.41. The van der Waals surface area contributed by atoms with Crippen LogP contribution in [0.4, 0.5) is 0 Å². The van der Waals surface area contributed by atoms with Crippen LogP contribution in [0.2, 0.25) is 0 Å².